The van der Waals surface area contributed by atoms with Crippen molar-refractivity contribution in [3.8, 4) is 0 Å². The molecule has 8 heteroatoms. The van der Waals surface area contributed by atoms with Crippen molar-refractivity contribution in [3.05, 3.63) is 22.8 Å². The van der Waals surface area contributed by atoms with Crippen LogP contribution in [0, 0.1) is 0 Å². The Hall–Kier alpha value is -1.67. The highest BCUT2D eigenvalue weighted by molar-refractivity contribution is 9.10. The van der Waals surface area contributed by atoms with Gasteiger partial charge in [-0.1, -0.05) is 15.9 Å². The fourth-order valence-corrected chi connectivity index (χ4v) is 2.86. The molecule has 0 unspecified atom stereocenters. The van der Waals surface area contributed by atoms with Gasteiger partial charge in [0.2, 0.25) is 5.91 Å². The maximum Gasteiger partial charge on any atom is 0.407 e. The predicted molar refractivity (Wildman–Crippen MR) is 90.5 cm³/mol. The Morgan fingerprint density at radius 3 is 2.87 bits per heavy atom. The van der Waals surface area contributed by atoms with Gasteiger partial charge in [0.25, 0.3) is 0 Å². The second kappa shape index (κ2) is 8.83. The number of aromatic nitrogens is 1. The van der Waals surface area contributed by atoms with E-state index in [0.717, 1.165) is 36.9 Å². The van der Waals surface area contributed by atoms with Crippen LogP contribution in [0.4, 0.5) is 10.6 Å². The second-order valence-corrected chi connectivity index (χ2v) is 6.39. The summed E-state index contributed by atoms with van der Waals surface area (Å²) in [6, 6.07) is 3.56. The largest absolute Gasteiger partial charge is 0.465 e. The summed E-state index contributed by atoms with van der Waals surface area (Å²) in [5.41, 5.74) is 0. The summed E-state index contributed by atoms with van der Waals surface area (Å²) in [6.07, 6.45) is 2.78. The minimum Gasteiger partial charge on any atom is -0.465 e. The molecule has 0 bridgehead atoms. The molecule has 2 rings (SSSR count). The quantitative estimate of drug-likeness (QED) is 0.812. The van der Waals surface area contributed by atoms with E-state index in [1.807, 2.05) is 0 Å². The fourth-order valence-electron chi connectivity index (χ4n) is 2.53. The molecule has 0 aromatic carbocycles. The molecule has 7 nitrogen and oxygen atoms in total. The summed E-state index contributed by atoms with van der Waals surface area (Å²) in [4.78, 5) is 30.6. The maximum atomic E-state index is 11.9. The number of nitrogens with one attached hydrogen (secondary N) is 1. The Balaban J connectivity index is 1.68. The minimum atomic E-state index is -0.854. The standard InChI is InChI=1S/C15H21BrN4O3/c16-12-4-5-17-13(11-12)18-14(21)3-1-6-19-7-2-8-20(10-9-19)15(22)23/h4-5,11H,1-3,6-10H2,(H,22,23)(H,17,18,21). The minimum absolute atomic E-state index is 0.0578. The normalized spacial score (nSPS) is 16.0. The van der Waals surface area contributed by atoms with Crippen molar-refractivity contribution >= 4 is 33.7 Å². The van der Waals surface area contributed by atoms with Crippen LogP contribution in [0.3, 0.4) is 0 Å². The van der Waals surface area contributed by atoms with Gasteiger partial charge in [0.05, 0.1) is 0 Å². The van der Waals surface area contributed by atoms with Gasteiger partial charge >= 0.3 is 6.09 Å². The SMILES string of the molecule is O=C(CCCN1CCCN(C(=O)O)CC1)Nc1cc(Br)ccn1. The number of hydrogen-bond acceptors (Lipinski definition) is 4. The number of carbonyl (C=O) groups is 2. The lowest BCUT2D eigenvalue weighted by Gasteiger charge is -2.20. The van der Waals surface area contributed by atoms with E-state index >= 15 is 0 Å². The van der Waals surface area contributed by atoms with Gasteiger partial charge < -0.3 is 20.2 Å². The first-order chi connectivity index (χ1) is 11.0. The summed E-state index contributed by atoms with van der Waals surface area (Å²) in [6.45, 7) is 3.51. The van der Waals surface area contributed by atoms with Crippen LogP contribution >= 0.6 is 15.9 Å². The third-order valence-electron chi connectivity index (χ3n) is 3.73. The van der Waals surface area contributed by atoms with Crippen LogP contribution in [-0.2, 0) is 4.79 Å². The van der Waals surface area contributed by atoms with Crippen LogP contribution in [-0.4, -0.2) is 64.6 Å². The van der Waals surface area contributed by atoms with Gasteiger partial charge in [0.1, 0.15) is 5.82 Å². The molecule has 0 aliphatic carbocycles. The molecule has 1 aliphatic rings. The summed E-state index contributed by atoms with van der Waals surface area (Å²) in [7, 11) is 0. The van der Waals surface area contributed by atoms with Gasteiger partial charge in [-0.25, -0.2) is 9.78 Å². The van der Waals surface area contributed by atoms with E-state index in [4.69, 9.17) is 5.11 Å². The Morgan fingerprint density at radius 1 is 1.30 bits per heavy atom. The lowest BCUT2D eigenvalue weighted by atomic mass is 10.2. The molecule has 0 atom stereocenters. The number of halogens is 1. The van der Waals surface area contributed by atoms with Gasteiger partial charge in [-0.3, -0.25) is 4.79 Å². The molecule has 0 spiro atoms. The maximum absolute atomic E-state index is 11.9. The van der Waals surface area contributed by atoms with Crippen molar-refractivity contribution in [2.24, 2.45) is 0 Å². The first-order valence-electron chi connectivity index (χ1n) is 7.66. The van der Waals surface area contributed by atoms with Crippen molar-refractivity contribution in [2.45, 2.75) is 19.3 Å². The molecule has 0 radical (unpaired) electrons. The van der Waals surface area contributed by atoms with Gasteiger partial charge in [-0.15, -0.1) is 0 Å². The van der Waals surface area contributed by atoms with Crippen LogP contribution in [0.15, 0.2) is 22.8 Å². The second-order valence-electron chi connectivity index (χ2n) is 5.48. The summed E-state index contributed by atoms with van der Waals surface area (Å²) < 4.78 is 0.871. The Bertz CT molecular complexity index is 555. The van der Waals surface area contributed by atoms with Crippen LogP contribution in [0.2, 0.25) is 0 Å². The number of amides is 2. The van der Waals surface area contributed by atoms with E-state index in [9.17, 15) is 9.59 Å². The van der Waals surface area contributed by atoms with E-state index in [-0.39, 0.29) is 5.91 Å². The van der Waals surface area contributed by atoms with Gasteiger partial charge in [-0.2, -0.15) is 0 Å². The Morgan fingerprint density at radius 2 is 2.13 bits per heavy atom. The van der Waals surface area contributed by atoms with Crippen molar-refractivity contribution in [2.75, 3.05) is 38.0 Å². The summed E-state index contributed by atoms with van der Waals surface area (Å²) >= 11 is 3.34. The van der Waals surface area contributed by atoms with E-state index < -0.39 is 6.09 Å². The lowest BCUT2D eigenvalue weighted by molar-refractivity contribution is -0.116. The molecular formula is C15H21BrN4O3. The molecule has 2 heterocycles. The fraction of sp³-hybridized carbons (Fsp3) is 0.533. The number of carboxylic acid groups (broad SMARTS) is 1. The molecule has 1 aliphatic heterocycles. The molecular weight excluding hydrogens is 364 g/mol. The zero-order valence-electron chi connectivity index (χ0n) is 12.9. The monoisotopic (exact) mass is 384 g/mol. The average Bonchev–Trinajstić information content (AvgIpc) is 2.73. The van der Waals surface area contributed by atoms with Crippen LogP contribution in [0.1, 0.15) is 19.3 Å². The van der Waals surface area contributed by atoms with Gasteiger partial charge in [0.15, 0.2) is 0 Å². The summed E-state index contributed by atoms with van der Waals surface area (Å²) in [5.74, 6) is 0.480. The van der Waals surface area contributed by atoms with Crippen molar-refractivity contribution in [1.82, 2.24) is 14.8 Å². The first kappa shape index (κ1) is 17.7. The third-order valence-corrected chi connectivity index (χ3v) is 4.22. The molecule has 1 aromatic rings. The van der Waals surface area contributed by atoms with Crippen molar-refractivity contribution in [3.63, 3.8) is 0 Å². The number of anilines is 1. The van der Waals surface area contributed by atoms with Crippen molar-refractivity contribution in [1.29, 1.82) is 0 Å². The molecule has 23 heavy (non-hydrogen) atoms. The molecule has 0 saturated carbocycles. The highest BCUT2D eigenvalue weighted by Gasteiger charge is 2.18. The lowest BCUT2D eigenvalue weighted by Crippen LogP contribution is -2.34. The van der Waals surface area contributed by atoms with Gasteiger partial charge in [-0.05, 0) is 38.1 Å². The van der Waals surface area contributed by atoms with Crippen molar-refractivity contribution < 1.29 is 14.7 Å². The topological polar surface area (TPSA) is 85.8 Å². The summed E-state index contributed by atoms with van der Waals surface area (Å²) in [5, 5.41) is 11.8. The van der Waals surface area contributed by atoms with Crippen LogP contribution in [0.25, 0.3) is 0 Å². The highest BCUT2D eigenvalue weighted by atomic mass is 79.9. The third kappa shape index (κ3) is 6.15. The van der Waals surface area contributed by atoms with E-state index in [1.165, 1.54) is 4.90 Å². The molecule has 2 amide bonds. The molecule has 126 valence electrons. The van der Waals surface area contributed by atoms with E-state index in [0.29, 0.717) is 25.3 Å². The molecule has 1 saturated heterocycles. The zero-order valence-corrected chi connectivity index (χ0v) is 14.5. The van der Waals surface area contributed by atoms with Crippen LogP contribution < -0.4 is 5.32 Å². The predicted octanol–water partition coefficient (Wildman–Crippen LogP) is 2.25. The Kier molecular flexibility index (Phi) is 6.79. The van der Waals surface area contributed by atoms with Crippen LogP contribution in [0.5, 0.6) is 0 Å². The number of hydrogen-bond donors (Lipinski definition) is 2. The number of rotatable bonds is 5. The highest BCUT2D eigenvalue weighted by Crippen LogP contribution is 2.13. The molecule has 1 fully saturated rings. The number of nitrogens with zero attached hydrogens (tertiary/aromatic N) is 3. The smallest absolute Gasteiger partial charge is 0.407 e. The molecule has 2 N–H and O–H groups in total. The average molecular weight is 385 g/mol. The molecule has 1 aromatic heterocycles. The van der Waals surface area contributed by atoms with E-state index in [1.54, 1.807) is 18.3 Å². The first-order valence-corrected chi connectivity index (χ1v) is 8.45. The van der Waals surface area contributed by atoms with E-state index in [2.05, 4.69) is 31.1 Å². The number of carbonyl (C=O) groups excluding carboxylic acids is 1. The number of pyridine rings is 1. The Labute approximate surface area is 143 Å². The zero-order chi connectivity index (χ0) is 16.7. The van der Waals surface area contributed by atoms with Gasteiger partial charge in [0, 0.05) is 36.7 Å².